The molecular formula is C19H34N4O5. The minimum atomic E-state index is -1.13. The van der Waals surface area contributed by atoms with Crippen LogP contribution >= 0.6 is 0 Å². The molecule has 9 heteroatoms. The van der Waals surface area contributed by atoms with Crippen LogP contribution in [0.1, 0.15) is 53.9 Å². The average molecular weight is 399 g/mol. The maximum Gasteiger partial charge on any atom is 0.326 e. The van der Waals surface area contributed by atoms with Crippen molar-refractivity contribution in [3.63, 3.8) is 0 Å². The predicted octanol–water partition coefficient (Wildman–Crippen LogP) is 0.0809. The van der Waals surface area contributed by atoms with Gasteiger partial charge in [0.1, 0.15) is 18.1 Å². The zero-order chi connectivity index (χ0) is 21.6. The molecule has 5 N–H and O–H groups in total. The van der Waals surface area contributed by atoms with E-state index in [9.17, 15) is 24.3 Å². The zero-order valence-electron chi connectivity index (χ0n) is 17.4. The van der Waals surface area contributed by atoms with Crippen LogP contribution in [0.2, 0.25) is 0 Å². The van der Waals surface area contributed by atoms with Gasteiger partial charge in [0.25, 0.3) is 0 Å². The lowest BCUT2D eigenvalue weighted by Gasteiger charge is -2.28. The van der Waals surface area contributed by atoms with Crippen LogP contribution in [0.5, 0.6) is 0 Å². The van der Waals surface area contributed by atoms with Crippen molar-refractivity contribution in [2.45, 2.75) is 78.0 Å². The number of likely N-dealkylation sites (tertiary alicyclic amines) is 1. The predicted molar refractivity (Wildman–Crippen MR) is 104 cm³/mol. The molecule has 1 aliphatic heterocycles. The number of nitrogens with one attached hydrogen (secondary N) is 2. The highest BCUT2D eigenvalue weighted by Crippen LogP contribution is 2.20. The largest absolute Gasteiger partial charge is 0.480 e. The molecule has 0 aliphatic carbocycles. The second-order valence-electron chi connectivity index (χ2n) is 8.22. The maximum absolute atomic E-state index is 12.6. The van der Waals surface area contributed by atoms with E-state index >= 15 is 0 Å². The van der Waals surface area contributed by atoms with Crippen LogP contribution in [-0.2, 0) is 19.2 Å². The summed E-state index contributed by atoms with van der Waals surface area (Å²) in [7, 11) is 0. The van der Waals surface area contributed by atoms with Gasteiger partial charge in [0.15, 0.2) is 0 Å². The summed E-state index contributed by atoms with van der Waals surface area (Å²) in [5.74, 6) is -2.43. The van der Waals surface area contributed by atoms with Crippen LogP contribution in [0.3, 0.4) is 0 Å². The van der Waals surface area contributed by atoms with Gasteiger partial charge < -0.3 is 26.4 Å². The number of nitrogens with two attached hydrogens (primary N) is 1. The molecule has 1 aliphatic rings. The number of hydrogen-bond donors (Lipinski definition) is 4. The highest BCUT2D eigenvalue weighted by atomic mass is 16.4. The van der Waals surface area contributed by atoms with Gasteiger partial charge in [-0.15, -0.1) is 0 Å². The van der Waals surface area contributed by atoms with Crippen molar-refractivity contribution < 1.29 is 24.3 Å². The van der Waals surface area contributed by atoms with Crippen molar-refractivity contribution in [2.75, 3.05) is 6.54 Å². The Balaban J connectivity index is 2.70. The molecule has 0 aromatic carbocycles. The van der Waals surface area contributed by atoms with E-state index in [1.54, 1.807) is 13.8 Å². The third-order valence-electron chi connectivity index (χ3n) is 4.86. The first-order chi connectivity index (χ1) is 13.0. The van der Waals surface area contributed by atoms with E-state index in [4.69, 9.17) is 5.73 Å². The molecular weight excluding hydrogens is 364 g/mol. The molecule has 1 rings (SSSR count). The van der Waals surface area contributed by atoms with Gasteiger partial charge in [-0.2, -0.15) is 0 Å². The number of carboxylic acid groups (broad SMARTS) is 1. The van der Waals surface area contributed by atoms with E-state index in [1.165, 1.54) is 11.8 Å². The molecule has 0 aromatic heterocycles. The Kier molecular flexibility index (Phi) is 8.87. The molecule has 0 aromatic rings. The van der Waals surface area contributed by atoms with Crippen molar-refractivity contribution in [1.82, 2.24) is 15.5 Å². The molecule has 1 heterocycles. The standard InChI is InChI=1S/C19H34N4O5/c1-10(2)9-13(20)18(26)23-8-6-7-14(23)17(25)21-12(5)16(24)22-15(11(3)4)19(27)28/h10-15H,6-9,20H2,1-5H3,(H,21,25)(H,22,24)(H,27,28). The van der Waals surface area contributed by atoms with Crippen LogP contribution < -0.4 is 16.4 Å². The maximum atomic E-state index is 12.6. The molecule has 160 valence electrons. The third kappa shape index (κ3) is 6.47. The fraction of sp³-hybridized carbons (Fsp3) is 0.789. The van der Waals surface area contributed by atoms with E-state index in [0.29, 0.717) is 25.8 Å². The summed E-state index contributed by atoms with van der Waals surface area (Å²) in [6.07, 6.45) is 1.73. The Morgan fingerprint density at radius 1 is 1.11 bits per heavy atom. The fourth-order valence-corrected chi connectivity index (χ4v) is 3.29. The summed E-state index contributed by atoms with van der Waals surface area (Å²) in [5, 5.41) is 14.2. The Bertz CT molecular complexity index is 593. The van der Waals surface area contributed by atoms with E-state index < -0.39 is 42.0 Å². The molecule has 3 amide bonds. The molecule has 4 unspecified atom stereocenters. The third-order valence-corrected chi connectivity index (χ3v) is 4.86. The van der Waals surface area contributed by atoms with Gasteiger partial charge in [0.05, 0.1) is 6.04 Å². The van der Waals surface area contributed by atoms with Gasteiger partial charge in [-0.25, -0.2) is 4.79 Å². The number of carbonyl (C=O) groups excluding carboxylic acids is 3. The van der Waals surface area contributed by atoms with Gasteiger partial charge in [-0.3, -0.25) is 14.4 Å². The van der Waals surface area contributed by atoms with Gasteiger partial charge in [0, 0.05) is 6.54 Å². The van der Waals surface area contributed by atoms with Crippen LogP contribution in [0.25, 0.3) is 0 Å². The highest BCUT2D eigenvalue weighted by Gasteiger charge is 2.37. The smallest absolute Gasteiger partial charge is 0.326 e. The van der Waals surface area contributed by atoms with E-state index in [1.807, 2.05) is 13.8 Å². The fourth-order valence-electron chi connectivity index (χ4n) is 3.29. The Labute approximate surface area is 166 Å². The number of hydrogen-bond acceptors (Lipinski definition) is 5. The van der Waals surface area contributed by atoms with Gasteiger partial charge >= 0.3 is 5.97 Å². The zero-order valence-corrected chi connectivity index (χ0v) is 17.4. The second-order valence-corrected chi connectivity index (χ2v) is 8.22. The van der Waals surface area contributed by atoms with Crippen LogP contribution in [0.4, 0.5) is 0 Å². The lowest BCUT2D eigenvalue weighted by Crippen LogP contribution is -2.56. The molecule has 9 nitrogen and oxygen atoms in total. The van der Waals surface area contributed by atoms with E-state index in [-0.39, 0.29) is 17.7 Å². The van der Waals surface area contributed by atoms with Crippen molar-refractivity contribution in [2.24, 2.45) is 17.6 Å². The van der Waals surface area contributed by atoms with Crippen molar-refractivity contribution in [3.8, 4) is 0 Å². The number of rotatable bonds is 9. The molecule has 0 saturated carbocycles. The number of aliphatic carboxylic acids is 1. The first kappa shape index (κ1) is 23.9. The minimum absolute atomic E-state index is 0.255. The summed E-state index contributed by atoms with van der Waals surface area (Å²) in [6.45, 7) is 9.26. The van der Waals surface area contributed by atoms with Crippen molar-refractivity contribution in [3.05, 3.63) is 0 Å². The van der Waals surface area contributed by atoms with Crippen LogP contribution in [0.15, 0.2) is 0 Å². The van der Waals surface area contributed by atoms with E-state index in [2.05, 4.69) is 10.6 Å². The van der Waals surface area contributed by atoms with E-state index in [0.717, 1.165) is 0 Å². The van der Waals surface area contributed by atoms with Crippen molar-refractivity contribution >= 4 is 23.7 Å². The molecule has 1 fully saturated rings. The van der Waals surface area contributed by atoms with Crippen molar-refractivity contribution in [1.29, 1.82) is 0 Å². The molecule has 0 spiro atoms. The van der Waals surface area contributed by atoms with Gasteiger partial charge in [-0.05, 0) is 38.0 Å². The Morgan fingerprint density at radius 2 is 1.71 bits per heavy atom. The summed E-state index contributed by atoms with van der Waals surface area (Å²) in [4.78, 5) is 50.2. The highest BCUT2D eigenvalue weighted by molar-refractivity contribution is 5.94. The average Bonchev–Trinajstić information content (AvgIpc) is 3.06. The minimum Gasteiger partial charge on any atom is -0.480 e. The lowest BCUT2D eigenvalue weighted by molar-refractivity contribution is -0.144. The van der Waals surface area contributed by atoms with Gasteiger partial charge in [-0.1, -0.05) is 27.7 Å². The summed E-state index contributed by atoms with van der Waals surface area (Å²) in [6, 6.07) is -3.28. The first-order valence-electron chi connectivity index (χ1n) is 9.85. The summed E-state index contributed by atoms with van der Waals surface area (Å²) >= 11 is 0. The number of carbonyl (C=O) groups is 4. The first-order valence-corrected chi connectivity index (χ1v) is 9.85. The molecule has 0 bridgehead atoms. The Morgan fingerprint density at radius 3 is 2.21 bits per heavy atom. The molecule has 1 saturated heterocycles. The normalized spacial score (nSPS) is 20.0. The monoisotopic (exact) mass is 398 g/mol. The number of amides is 3. The van der Waals surface area contributed by atoms with Crippen LogP contribution in [0, 0.1) is 11.8 Å². The van der Waals surface area contributed by atoms with Crippen LogP contribution in [-0.4, -0.2) is 64.4 Å². The molecule has 0 radical (unpaired) electrons. The molecule has 28 heavy (non-hydrogen) atoms. The van der Waals surface area contributed by atoms with Gasteiger partial charge in [0.2, 0.25) is 17.7 Å². The number of carboxylic acids is 1. The second kappa shape index (κ2) is 10.4. The number of nitrogens with zero attached hydrogens (tertiary/aromatic N) is 1. The topological polar surface area (TPSA) is 142 Å². The summed E-state index contributed by atoms with van der Waals surface area (Å²) in [5.41, 5.74) is 5.98. The summed E-state index contributed by atoms with van der Waals surface area (Å²) < 4.78 is 0. The SMILES string of the molecule is CC(C)CC(N)C(=O)N1CCCC1C(=O)NC(C)C(=O)NC(C(=O)O)C(C)C. The Hall–Kier alpha value is -2.16. The molecule has 4 atom stereocenters. The quantitative estimate of drug-likeness (QED) is 0.433. The lowest BCUT2D eigenvalue weighted by atomic mass is 10.0.